The molecule has 0 bridgehead atoms. The molecule has 1 fully saturated rings. The van der Waals surface area contributed by atoms with E-state index < -0.39 is 75.7 Å². The summed E-state index contributed by atoms with van der Waals surface area (Å²) in [7, 11) is -5.14. The largest absolute Gasteiger partial charge is 0.472 e. The summed E-state index contributed by atoms with van der Waals surface area (Å²) in [6.07, 6.45) is 33.2. The highest BCUT2D eigenvalue weighted by atomic mass is 31.2. The van der Waals surface area contributed by atoms with Gasteiger partial charge in [0, 0.05) is 12.8 Å². The highest BCUT2D eigenvalue weighted by molar-refractivity contribution is 7.47. The molecule has 1 aliphatic carbocycles. The minimum absolute atomic E-state index is 0.0231. The molecule has 1 rings (SSSR count). The molecular weight excluding hydrogens is 828 g/mol. The van der Waals surface area contributed by atoms with Crippen LogP contribution in [-0.4, -0.2) is 98.3 Å². The van der Waals surface area contributed by atoms with Crippen molar-refractivity contribution >= 4 is 19.8 Å². The molecule has 63 heavy (non-hydrogen) atoms. The number of unbranched alkanes of at least 4 members (excludes halogenated alkanes) is 20. The lowest BCUT2D eigenvalue weighted by molar-refractivity contribution is -0.220. The van der Waals surface area contributed by atoms with Crippen LogP contribution in [0.2, 0.25) is 0 Å². The molecule has 1 aliphatic rings. The van der Waals surface area contributed by atoms with Gasteiger partial charge in [0.25, 0.3) is 0 Å². The summed E-state index contributed by atoms with van der Waals surface area (Å²) < 4.78 is 33.5. The molecule has 0 aromatic carbocycles. The van der Waals surface area contributed by atoms with Crippen LogP contribution in [0.3, 0.4) is 0 Å². The number of carbonyl (C=O) groups is 2. The van der Waals surface area contributed by atoms with E-state index in [0.29, 0.717) is 19.3 Å². The second kappa shape index (κ2) is 39.0. The molecule has 366 valence electrons. The fourth-order valence-electron chi connectivity index (χ4n) is 7.24. The number of ether oxygens (including phenoxy) is 2. The Bertz CT molecular complexity index is 1290. The molecule has 13 nitrogen and oxygen atoms in total. The van der Waals surface area contributed by atoms with Crippen molar-refractivity contribution < 1.29 is 63.1 Å². The Kier molecular flexibility index (Phi) is 36.4. The number of phosphoric acid groups is 1. The van der Waals surface area contributed by atoms with E-state index in [4.69, 9.17) is 18.5 Å². The Morgan fingerprint density at radius 1 is 0.492 bits per heavy atom. The first-order chi connectivity index (χ1) is 30.4. The molecule has 0 heterocycles. The van der Waals surface area contributed by atoms with Gasteiger partial charge < -0.3 is 39.9 Å². The third-order valence-corrected chi connectivity index (χ3v) is 12.2. The Morgan fingerprint density at radius 3 is 1.37 bits per heavy atom. The number of hydrogen-bond donors (Lipinski definition) is 6. The van der Waals surface area contributed by atoms with Gasteiger partial charge in [-0.1, -0.05) is 184 Å². The Morgan fingerprint density at radius 2 is 0.889 bits per heavy atom. The van der Waals surface area contributed by atoms with Gasteiger partial charge in [-0.15, -0.1) is 0 Å². The molecule has 0 aromatic heterocycles. The fraction of sp³-hybridized carbons (Fsp3) is 0.796. The molecule has 14 heteroatoms. The number of phosphoric ester groups is 1. The van der Waals surface area contributed by atoms with Gasteiger partial charge in [0.2, 0.25) is 0 Å². The number of carbonyl (C=O) groups excluding carboxylic acids is 2. The van der Waals surface area contributed by atoms with Crippen molar-refractivity contribution in [3.8, 4) is 0 Å². The summed E-state index contributed by atoms with van der Waals surface area (Å²) in [6, 6.07) is 0. The summed E-state index contributed by atoms with van der Waals surface area (Å²) in [5, 5.41) is 50.2. The van der Waals surface area contributed by atoms with Crippen LogP contribution in [0.15, 0.2) is 48.6 Å². The molecule has 0 amide bonds. The lowest BCUT2D eigenvalue weighted by Gasteiger charge is -2.41. The fourth-order valence-corrected chi connectivity index (χ4v) is 8.21. The first-order valence-electron chi connectivity index (χ1n) is 24.4. The van der Waals surface area contributed by atoms with Crippen molar-refractivity contribution in [2.75, 3.05) is 13.2 Å². The number of aliphatic hydroxyl groups is 5. The molecule has 4 unspecified atom stereocenters. The van der Waals surface area contributed by atoms with Crippen molar-refractivity contribution in [2.45, 2.75) is 236 Å². The predicted molar refractivity (Wildman–Crippen MR) is 249 cm³/mol. The Labute approximate surface area is 380 Å². The van der Waals surface area contributed by atoms with E-state index in [2.05, 4.69) is 44.2 Å². The van der Waals surface area contributed by atoms with Crippen LogP contribution in [0.25, 0.3) is 0 Å². The number of aliphatic hydroxyl groups excluding tert-OH is 5. The minimum atomic E-state index is -5.14. The predicted octanol–water partition coefficient (Wildman–Crippen LogP) is 9.95. The Balaban J connectivity index is 2.49. The Hall–Kier alpha value is -2.19. The minimum Gasteiger partial charge on any atom is -0.462 e. The average Bonchev–Trinajstić information content (AvgIpc) is 3.26. The van der Waals surface area contributed by atoms with E-state index >= 15 is 0 Å². The van der Waals surface area contributed by atoms with Gasteiger partial charge >= 0.3 is 19.8 Å². The lowest BCUT2D eigenvalue weighted by atomic mass is 9.85. The van der Waals surface area contributed by atoms with E-state index in [0.717, 1.165) is 38.5 Å². The second-order valence-electron chi connectivity index (χ2n) is 17.0. The summed E-state index contributed by atoms with van der Waals surface area (Å²) in [4.78, 5) is 35.7. The van der Waals surface area contributed by atoms with Gasteiger partial charge in [-0.2, -0.15) is 0 Å². The first kappa shape index (κ1) is 58.8. The summed E-state index contributed by atoms with van der Waals surface area (Å²) in [5.74, 6) is -1.19. The van der Waals surface area contributed by atoms with Crippen molar-refractivity contribution in [2.24, 2.45) is 0 Å². The van der Waals surface area contributed by atoms with Crippen LogP contribution in [0.1, 0.15) is 194 Å². The maximum atomic E-state index is 12.8. The quantitative estimate of drug-likeness (QED) is 0.0147. The van der Waals surface area contributed by atoms with Gasteiger partial charge in [0.05, 0.1) is 6.61 Å². The van der Waals surface area contributed by atoms with Crippen LogP contribution in [0, 0.1) is 0 Å². The van der Waals surface area contributed by atoms with Crippen molar-refractivity contribution in [1.82, 2.24) is 0 Å². The highest BCUT2D eigenvalue weighted by Gasteiger charge is 2.51. The highest BCUT2D eigenvalue weighted by Crippen LogP contribution is 2.47. The van der Waals surface area contributed by atoms with Gasteiger partial charge in [0.1, 0.15) is 43.2 Å². The number of rotatable bonds is 40. The molecule has 0 saturated heterocycles. The van der Waals surface area contributed by atoms with Crippen LogP contribution < -0.4 is 0 Å². The molecular formula is C49H87O13P. The zero-order valence-electron chi connectivity index (χ0n) is 38.9. The maximum absolute atomic E-state index is 12.8. The second-order valence-corrected chi connectivity index (χ2v) is 18.4. The molecule has 1 saturated carbocycles. The molecule has 8 atom stereocenters. The SMILES string of the molecule is CCCCCCCC/C=C\C/C=C\C/C=C\C/C=C\CCC(=O)OC(COC(=O)CCCCCCCCCCCCCCCCC)COP(=O)(O)OC1[C@H](O)[C@H](O)C(O)[C@H](O)[C@H]1O. The van der Waals surface area contributed by atoms with Crippen LogP contribution in [0.4, 0.5) is 0 Å². The zero-order valence-corrected chi connectivity index (χ0v) is 39.8. The van der Waals surface area contributed by atoms with Crippen molar-refractivity contribution in [1.29, 1.82) is 0 Å². The number of esters is 2. The van der Waals surface area contributed by atoms with E-state index in [1.165, 1.54) is 109 Å². The van der Waals surface area contributed by atoms with Crippen LogP contribution in [-0.2, 0) is 32.7 Å². The van der Waals surface area contributed by atoms with Gasteiger partial charge in [-0.25, -0.2) is 4.57 Å². The number of hydrogen-bond acceptors (Lipinski definition) is 12. The monoisotopic (exact) mass is 915 g/mol. The molecule has 6 N–H and O–H groups in total. The first-order valence-corrected chi connectivity index (χ1v) is 25.9. The van der Waals surface area contributed by atoms with E-state index in [9.17, 15) is 44.6 Å². The smallest absolute Gasteiger partial charge is 0.462 e. The third-order valence-electron chi connectivity index (χ3n) is 11.2. The van der Waals surface area contributed by atoms with E-state index in [1.807, 2.05) is 18.2 Å². The maximum Gasteiger partial charge on any atom is 0.472 e. The molecule has 0 aliphatic heterocycles. The average molecular weight is 915 g/mol. The topological polar surface area (TPSA) is 210 Å². The summed E-state index contributed by atoms with van der Waals surface area (Å²) in [6.45, 7) is 3.25. The molecule has 0 aromatic rings. The van der Waals surface area contributed by atoms with Gasteiger partial charge in [-0.3, -0.25) is 18.6 Å². The molecule has 0 spiro atoms. The zero-order chi connectivity index (χ0) is 46.4. The standard InChI is InChI=1S/C49H87O13P/c1-3-5-7-9-11-13-15-17-19-20-21-22-24-26-28-30-32-34-36-38-43(51)61-41(40-60-63(57,58)62-49-47(55)45(53)44(52)46(54)48(49)56)39-59-42(50)37-35-33-31-29-27-25-23-18-16-14-12-10-8-6-4-2/h17,19,21-22,26,28,32,34,41,44-49,52-56H,3-16,18,20,23-25,27,29-31,33,35-40H2,1-2H3,(H,57,58)/b19-17-,22-21-,28-26-,34-32-/t41?,44?,45-,46+,47-,48-,49?/m1/s1. The summed E-state index contributed by atoms with van der Waals surface area (Å²) >= 11 is 0. The van der Waals surface area contributed by atoms with Crippen molar-refractivity contribution in [3.63, 3.8) is 0 Å². The van der Waals surface area contributed by atoms with Gasteiger partial charge in [-0.05, 0) is 44.9 Å². The van der Waals surface area contributed by atoms with E-state index in [1.54, 1.807) is 0 Å². The lowest BCUT2D eigenvalue weighted by Crippen LogP contribution is -2.64. The summed E-state index contributed by atoms with van der Waals surface area (Å²) in [5.41, 5.74) is 0. The van der Waals surface area contributed by atoms with E-state index in [-0.39, 0.29) is 12.8 Å². The van der Waals surface area contributed by atoms with Gasteiger partial charge in [0.15, 0.2) is 6.10 Å². The number of allylic oxidation sites excluding steroid dienone is 8. The van der Waals surface area contributed by atoms with Crippen LogP contribution in [0.5, 0.6) is 0 Å². The normalized spacial score (nSPS) is 22.1. The third kappa shape index (κ3) is 31.4. The van der Waals surface area contributed by atoms with Crippen molar-refractivity contribution in [3.05, 3.63) is 48.6 Å². The van der Waals surface area contributed by atoms with Crippen LogP contribution >= 0.6 is 7.82 Å². The molecule has 0 radical (unpaired) electrons.